The molecular formula is C13H17N3. The molecule has 0 spiro atoms. The van der Waals surface area contributed by atoms with E-state index in [1.807, 2.05) is 12.1 Å². The molecule has 1 unspecified atom stereocenters. The zero-order valence-corrected chi connectivity index (χ0v) is 9.63. The molecule has 3 rings (SSSR count). The van der Waals surface area contributed by atoms with Crippen molar-refractivity contribution in [1.29, 1.82) is 0 Å². The number of fused-ring (bicyclic) bond motifs is 1. The van der Waals surface area contributed by atoms with E-state index >= 15 is 0 Å². The molecule has 0 N–H and O–H groups in total. The first kappa shape index (κ1) is 9.85. The van der Waals surface area contributed by atoms with Crippen LogP contribution in [0.5, 0.6) is 0 Å². The second-order valence-corrected chi connectivity index (χ2v) is 4.83. The van der Waals surface area contributed by atoms with Crippen LogP contribution in [-0.2, 0) is 6.54 Å². The van der Waals surface area contributed by atoms with Gasteiger partial charge in [-0.2, -0.15) is 0 Å². The van der Waals surface area contributed by atoms with E-state index in [2.05, 4.69) is 39.7 Å². The predicted octanol–water partition coefficient (Wildman–Crippen LogP) is 2.18. The van der Waals surface area contributed by atoms with Crippen LogP contribution in [0.2, 0.25) is 0 Å². The summed E-state index contributed by atoms with van der Waals surface area (Å²) in [7, 11) is 0. The van der Waals surface area contributed by atoms with Gasteiger partial charge >= 0.3 is 0 Å². The fourth-order valence-corrected chi connectivity index (χ4v) is 2.46. The molecule has 2 aromatic rings. The van der Waals surface area contributed by atoms with Crippen molar-refractivity contribution in [3.05, 3.63) is 36.3 Å². The molecule has 3 heterocycles. The van der Waals surface area contributed by atoms with Gasteiger partial charge in [-0.25, -0.2) is 4.98 Å². The van der Waals surface area contributed by atoms with Crippen LogP contribution in [0, 0.1) is 5.92 Å². The second-order valence-electron chi connectivity index (χ2n) is 4.83. The minimum absolute atomic E-state index is 0.844. The van der Waals surface area contributed by atoms with E-state index in [0.29, 0.717) is 0 Å². The van der Waals surface area contributed by atoms with Crippen LogP contribution >= 0.6 is 0 Å². The maximum atomic E-state index is 4.62. The van der Waals surface area contributed by atoms with Crippen molar-refractivity contribution in [3.63, 3.8) is 0 Å². The molecule has 2 aromatic heterocycles. The average Bonchev–Trinajstić information content (AvgIpc) is 2.84. The first-order chi connectivity index (χ1) is 7.81. The van der Waals surface area contributed by atoms with Gasteiger partial charge in [-0.05, 0) is 31.0 Å². The van der Waals surface area contributed by atoms with Gasteiger partial charge in [0.25, 0.3) is 0 Å². The molecule has 16 heavy (non-hydrogen) atoms. The number of hydrogen-bond acceptors (Lipinski definition) is 2. The van der Waals surface area contributed by atoms with E-state index in [1.54, 1.807) is 0 Å². The number of imidazole rings is 1. The Kier molecular flexibility index (Phi) is 2.40. The third kappa shape index (κ3) is 1.83. The van der Waals surface area contributed by atoms with Crippen molar-refractivity contribution < 1.29 is 0 Å². The normalized spacial score (nSPS) is 21.9. The SMILES string of the molecule is CC1CCN(Cc2cn3ccccc3n2)C1. The Morgan fingerprint density at radius 1 is 1.44 bits per heavy atom. The second kappa shape index (κ2) is 3.91. The topological polar surface area (TPSA) is 20.5 Å². The number of nitrogens with zero attached hydrogens (tertiary/aromatic N) is 3. The fourth-order valence-electron chi connectivity index (χ4n) is 2.46. The predicted molar refractivity (Wildman–Crippen MR) is 64.3 cm³/mol. The molecule has 0 bridgehead atoms. The summed E-state index contributed by atoms with van der Waals surface area (Å²) >= 11 is 0. The lowest BCUT2D eigenvalue weighted by Crippen LogP contribution is -2.19. The zero-order chi connectivity index (χ0) is 11.0. The summed E-state index contributed by atoms with van der Waals surface area (Å²) in [5, 5.41) is 0. The molecule has 0 aliphatic carbocycles. The molecule has 0 saturated carbocycles. The number of likely N-dealkylation sites (tertiary alicyclic amines) is 1. The molecule has 3 nitrogen and oxygen atoms in total. The Labute approximate surface area is 95.7 Å². The quantitative estimate of drug-likeness (QED) is 0.765. The van der Waals surface area contributed by atoms with Crippen LogP contribution < -0.4 is 0 Å². The van der Waals surface area contributed by atoms with Gasteiger partial charge in [-0.3, -0.25) is 4.90 Å². The van der Waals surface area contributed by atoms with Crippen LogP contribution in [0.3, 0.4) is 0 Å². The van der Waals surface area contributed by atoms with Gasteiger partial charge in [0.05, 0.1) is 5.69 Å². The Morgan fingerprint density at radius 2 is 2.38 bits per heavy atom. The Balaban J connectivity index is 1.79. The van der Waals surface area contributed by atoms with E-state index in [1.165, 1.54) is 25.2 Å². The first-order valence-corrected chi connectivity index (χ1v) is 5.96. The fraction of sp³-hybridized carbons (Fsp3) is 0.462. The number of rotatable bonds is 2. The van der Waals surface area contributed by atoms with E-state index in [9.17, 15) is 0 Å². The highest BCUT2D eigenvalue weighted by Gasteiger charge is 2.19. The maximum absolute atomic E-state index is 4.62. The van der Waals surface area contributed by atoms with E-state index < -0.39 is 0 Å². The molecule has 1 saturated heterocycles. The van der Waals surface area contributed by atoms with Crippen LogP contribution in [0.4, 0.5) is 0 Å². The molecule has 1 atom stereocenters. The average molecular weight is 215 g/mol. The number of pyridine rings is 1. The van der Waals surface area contributed by atoms with E-state index in [-0.39, 0.29) is 0 Å². The smallest absolute Gasteiger partial charge is 0.137 e. The monoisotopic (exact) mass is 215 g/mol. The van der Waals surface area contributed by atoms with Crippen molar-refractivity contribution in [2.75, 3.05) is 13.1 Å². The lowest BCUT2D eigenvalue weighted by molar-refractivity contribution is 0.317. The highest BCUT2D eigenvalue weighted by Crippen LogP contribution is 2.17. The molecular weight excluding hydrogens is 198 g/mol. The van der Waals surface area contributed by atoms with Crippen molar-refractivity contribution in [2.24, 2.45) is 5.92 Å². The number of aromatic nitrogens is 2. The van der Waals surface area contributed by atoms with Crippen LogP contribution in [0.15, 0.2) is 30.6 Å². The summed E-state index contributed by atoms with van der Waals surface area (Å²) in [5.41, 5.74) is 2.23. The summed E-state index contributed by atoms with van der Waals surface area (Å²) in [5.74, 6) is 0.844. The molecule has 1 aliphatic rings. The molecule has 0 amide bonds. The first-order valence-electron chi connectivity index (χ1n) is 5.96. The van der Waals surface area contributed by atoms with E-state index in [0.717, 1.165) is 18.1 Å². The Hall–Kier alpha value is -1.35. The maximum Gasteiger partial charge on any atom is 0.137 e. The van der Waals surface area contributed by atoms with Gasteiger partial charge in [0, 0.05) is 25.5 Å². The highest BCUT2D eigenvalue weighted by atomic mass is 15.2. The van der Waals surface area contributed by atoms with Gasteiger partial charge in [0.2, 0.25) is 0 Å². The third-order valence-corrected chi connectivity index (χ3v) is 3.31. The summed E-state index contributed by atoms with van der Waals surface area (Å²) in [6.07, 6.45) is 5.52. The minimum Gasteiger partial charge on any atom is -0.307 e. The van der Waals surface area contributed by atoms with Gasteiger partial charge < -0.3 is 4.40 Å². The van der Waals surface area contributed by atoms with E-state index in [4.69, 9.17) is 0 Å². The molecule has 1 aliphatic heterocycles. The molecule has 1 fully saturated rings. The minimum atomic E-state index is 0.844. The summed E-state index contributed by atoms with van der Waals surface area (Å²) in [4.78, 5) is 7.12. The Morgan fingerprint density at radius 3 is 3.12 bits per heavy atom. The lowest BCUT2D eigenvalue weighted by Gasteiger charge is -2.12. The number of hydrogen-bond donors (Lipinski definition) is 0. The van der Waals surface area contributed by atoms with Gasteiger partial charge in [-0.15, -0.1) is 0 Å². The third-order valence-electron chi connectivity index (χ3n) is 3.31. The van der Waals surface area contributed by atoms with Gasteiger partial charge in [-0.1, -0.05) is 13.0 Å². The molecule has 0 radical (unpaired) electrons. The van der Waals surface area contributed by atoms with Crippen LogP contribution in [0.1, 0.15) is 19.0 Å². The van der Waals surface area contributed by atoms with Crippen LogP contribution in [-0.4, -0.2) is 27.4 Å². The highest BCUT2D eigenvalue weighted by molar-refractivity contribution is 5.39. The standard InChI is InChI=1S/C13H17N3/c1-11-5-7-15(8-11)9-12-10-16-6-3-2-4-13(16)14-12/h2-4,6,10-11H,5,7-9H2,1H3. The summed E-state index contributed by atoms with van der Waals surface area (Å²) < 4.78 is 2.09. The molecule has 3 heteroatoms. The lowest BCUT2D eigenvalue weighted by atomic mass is 10.2. The van der Waals surface area contributed by atoms with Crippen LogP contribution in [0.25, 0.3) is 5.65 Å². The zero-order valence-electron chi connectivity index (χ0n) is 9.63. The van der Waals surface area contributed by atoms with Gasteiger partial charge in [0.15, 0.2) is 0 Å². The van der Waals surface area contributed by atoms with Gasteiger partial charge in [0.1, 0.15) is 5.65 Å². The van der Waals surface area contributed by atoms with Crippen molar-refractivity contribution in [1.82, 2.24) is 14.3 Å². The van der Waals surface area contributed by atoms with Crippen molar-refractivity contribution in [3.8, 4) is 0 Å². The molecule has 84 valence electrons. The summed E-state index contributed by atoms with van der Waals surface area (Å²) in [6.45, 7) is 5.75. The summed E-state index contributed by atoms with van der Waals surface area (Å²) in [6, 6.07) is 6.12. The Bertz CT molecular complexity index is 456. The molecule has 0 aromatic carbocycles. The van der Waals surface area contributed by atoms with Crippen molar-refractivity contribution >= 4 is 5.65 Å². The largest absolute Gasteiger partial charge is 0.307 e. The van der Waals surface area contributed by atoms with Crippen molar-refractivity contribution in [2.45, 2.75) is 19.9 Å².